The molecule has 0 saturated heterocycles. The van der Waals surface area contributed by atoms with Crippen LogP contribution in [-0.2, 0) is 6.42 Å². The normalized spacial score (nSPS) is 11.4. The molecule has 142 valence electrons. The fourth-order valence-electron chi connectivity index (χ4n) is 2.67. The molecule has 8 heteroatoms. The molecule has 0 aromatic carbocycles. The third kappa shape index (κ3) is 4.33. The molecule has 7 nitrogen and oxygen atoms in total. The third-order valence-corrected chi connectivity index (χ3v) is 5.36. The summed E-state index contributed by atoms with van der Waals surface area (Å²) in [5.41, 5.74) is 4.15. The SMILES string of the molecule is CCCCc1noc(C)c1/C=C/c1nc(C)c(C(=O)Nc2cn[nH]c2C)s1. The Balaban J connectivity index is 1.77. The molecule has 0 unspecified atom stereocenters. The van der Waals surface area contributed by atoms with Crippen molar-refractivity contribution in [2.45, 2.75) is 47.0 Å². The molecule has 2 N–H and O–H groups in total. The minimum atomic E-state index is -0.182. The van der Waals surface area contributed by atoms with E-state index in [2.05, 4.69) is 32.6 Å². The van der Waals surface area contributed by atoms with Gasteiger partial charge in [0, 0.05) is 5.56 Å². The number of aryl methyl sites for hydroxylation is 4. The van der Waals surface area contributed by atoms with E-state index in [1.165, 1.54) is 11.3 Å². The molecule has 27 heavy (non-hydrogen) atoms. The minimum Gasteiger partial charge on any atom is -0.361 e. The summed E-state index contributed by atoms with van der Waals surface area (Å²) in [6.07, 6.45) is 8.54. The van der Waals surface area contributed by atoms with Gasteiger partial charge < -0.3 is 9.84 Å². The summed E-state index contributed by atoms with van der Waals surface area (Å²) >= 11 is 1.36. The highest BCUT2D eigenvalue weighted by Gasteiger charge is 2.16. The number of unbranched alkanes of at least 4 members (excludes halogenated alkanes) is 1. The number of aromatic nitrogens is 4. The van der Waals surface area contributed by atoms with Crippen molar-refractivity contribution in [3.8, 4) is 0 Å². The van der Waals surface area contributed by atoms with Crippen LogP contribution in [0.25, 0.3) is 12.2 Å². The molecule has 0 radical (unpaired) electrons. The second kappa shape index (κ2) is 8.30. The molecule has 1 amide bonds. The van der Waals surface area contributed by atoms with E-state index in [1.807, 2.05) is 32.9 Å². The number of thiazole rings is 1. The molecule has 0 aliphatic rings. The fraction of sp³-hybridized carbons (Fsp3) is 0.368. The number of hydrogen-bond acceptors (Lipinski definition) is 6. The average Bonchev–Trinajstić information content (AvgIpc) is 3.31. The Morgan fingerprint density at radius 1 is 1.33 bits per heavy atom. The maximum Gasteiger partial charge on any atom is 0.267 e. The van der Waals surface area contributed by atoms with Gasteiger partial charge in [-0.3, -0.25) is 9.89 Å². The van der Waals surface area contributed by atoms with E-state index in [1.54, 1.807) is 6.20 Å². The second-order valence-corrected chi connectivity index (χ2v) is 7.40. The summed E-state index contributed by atoms with van der Waals surface area (Å²) in [5.74, 6) is 0.609. The first-order chi connectivity index (χ1) is 13.0. The highest BCUT2D eigenvalue weighted by molar-refractivity contribution is 7.14. The van der Waals surface area contributed by atoms with Gasteiger partial charge in [0.25, 0.3) is 5.91 Å². The number of hydrogen-bond donors (Lipinski definition) is 2. The van der Waals surface area contributed by atoms with Gasteiger partial charge >= 0.3 is 0 Å². The van der Waals surface area contributed by atoms with Gasteiger partial charge in [-0.25, -0.2) is 4.98 Å². The quantitative estimate of drug-likeness (QED) is 0.622. The van der Waals surface area contributed by atoms with Gasteiger partial charge in [-0.05, 0) is 45.8 Å². The largest absolute Gasteiger partial charge is 0.361 e. The first-order valence-electron chi connectivity index (χ1n) is 8.91. The molecule has 3 aromatic heterocycles. The van der Waals surface area contributed by atoms with Crippen LogP contribution in [0, 0.1) is 20.8 Å². The number of rotatable bonds is 7. The van der Waals surface area contributed by atoms with Gasteiger partial charge in [0.2, 0.25) is 0 Å². The number of carbonyl (C=O) groups excluding carboxylic acids is 1. The Bertz CT molecular complexity index is 967. The highest BCUT2D eigenvalue weighted by atomic mass is 32.1. The summed E-state index contributed by atoms with van der Waals surface area (Å²) in [6.45, 7) is 7.75. The molecule has 0 fully saturated rings. The van der Waals surface area contributed by atoms with Crippen molar-refractivity contribution < 1.29 is 9.32 Å². The van der Waals surface area contributed by atoms with Crippen molar-refractivity contribution in [2.24, 2.45) is 0 Å². The number of amides is 1. The molecule has 0 aliphatic heterocycles. The van der Waals surface area contributed by atoms with E-state index in [-0.39, 0.29) is 5.91 Å². The number of nitrogens with one attached hydrogen (secondary N) is 2. The molecule has 3 rings (SSSR count). The van der Waals surface area contributed by atoms with E-state index in [4.69, 9.17) is 4.52 Å². The summed E-state index contributed by atoms with van der Waals surface area (Å²) in [4.78, 5) is 17.6. The smallest absolute Gasteiger partial charge is 0.267 e. The molecule has 0 bridgehead atoms. The maximum absolute atomic E-state index is 12.5. The monoisotopic (exact) mass is 385 g/mol. The van der Waals surface area contributed by atoms with Crippen LogP contribution in [0.2, 0.25) is 0 Å². The predicted molar refractivity (Wildman–Crippen MR) is 107 cm³/mol. The Kier molecular flexibility index (Phi) is 5.85. The van der Waals surface area contributed by atoms with Crippen molar-refractivity contribution in [3.63, 3.8) is 0 Å². The number of carbonyl (C=O) groups is 1. The lowest BCUT2D eigenvalue weighted by Crippen LogP contribution is -2.11. The lowest BCUT2D eigenvalue weighted by Gasteiger charge is -2.01. The maximum atomic E-state index is 12.5. The number of anilines is 1. The topological polar surface area (TPSA) is 96.7 Å². The number of nitrogens with zero attached hydrogens (tertiary/aromatic N) is 3. The summed E-state index contributed by atoms with van der Waals surface area (Å²) < 4.78 is 5.33. The van der Waals surface area contributed by atoms with Crippen molar-refractivity contribution in [1.82, 2.24) is 20.3 Å². The van der Waals surface area contributed by atoms with Crippen molar-refractivity contribution in [3.05, 3.63) is 44.5 Å². The van der Waals surface area contributed by atoms with Crippen LogP contribution in [0.15, 0.2) is 10.7 Å². The van der Waals surface area contributed by atoms with Crippen molar-refractivity contribution in [1.29, 1.82) is 0 Å². The zero-order chi connectivity index (χ0) is 19.4. The van der Waals surface area contributed by atoms with E-state index in [0.717, 1.165) is 47.0 Å². The van der Waals surface area contributed by atoms with E-state index in [9.17, 15) is 4.79 Å². The summed E-state index contributed by atoms with van der Waals surface area (Å²) in [6, 6.07) is 0. The summed E-state index contributed by atoms with van der Waals surface area (Å²) in [5, 5.41) is 14.5. The zero-order valence-electron chi connectivity index (χ0n) is 15.9. The molecule has 3 aromatic rings. The lowest BCUT2D eigenvalue weighted by molar-refractivity contribution is 0.102. The van der Waals surface area contributed by atoms with Crippen LogP contribution >= 0.6 is 11.3 Å². The third-order valence-electron chi connectivity index (χ3n) is 4.24. The zero-order valence-corrected chi connectivity index (χ0v) is 16.7. The van der Waals surface area contributed by atoms with E-state index < -0.39 is 0 Å². The minimum absolute atomic E-state index is 0.182. The van der Waals surface area contributed by atoms with Crippen molar-refractivity contribution in [2.75, 3.05) is 5.32 Å². The molecule has 0 spiro atoms. The van der Waals surface area contributed by atoms with Crippen molar-refractivity contribution >= 4 is 35.1 Å². The van der Waals surface area contributed by atoms with Gasteiger partial charge in [-0.2, -0.15) is 5.10 Å². The van der Waals surface area contributed by atoms with Gasteiger partial charge in [0.1, 0.15) is 15.6 Å². The van der Waals surface area contributed by atoms with Crippen LogP contribution < -0.4 is 5.32 Å². The number of aromatic amines is 1. The highest BCUT2D eigenvalue weighted by Crippen LogP contribution is 2.24. The standard InChI is InChI=1S/C19H23N5O2S/c1-5-6-7-15-14(13(4)26-24-15)8-9-17-21-12(3)18(27-17)19(25)22-16-10-20-23-11(16)2/h8-10H,5-7H2,1-4H3,(H,20,23)(H,22,25)/b9-8+. The van der Waals surface area contributed by atoms with E-state index in [0.29, 0.717) is 16.3 Å². The first-order valence-corrected chi connectivity index (χ1v) is 9.73. The first kappa shape index (κ1) is 19.0. The van der Waals surface area contributed by atoms with Crippen LogP contribution in [0.1, 0.15) is 62.9 Å². The van der Waals surface area contributed by atoms with Gasteiger partial charge in [0.05, 0.1) is 29.0 Å². The second-order valence-electron chi connectivity index (χ2n) is 6.37. The predicted octanol–water partition coefficient (Wildman–Crippen LogP) is 4.54. The average molecular weight is 385 g/mol. The van der Waals surface area contributed by atoms with Crippen LogP contribution in [0.4, 0.5) is 5.69 Å². The van der Waals surface area contributed by atoms with Gasteiger partial charge in [0.15, 0.2) is 0 Å². The lowest BCUT2D eigenvalue weighted by atomic mass is 10.1. The molecular weight excluding hydrogens is 362 g/mol. The molecule has 0 atom stereocenters. The van der Waals surface area contributed by atoms with Gasteiger partial charge in [-0.15, -0.1) is 11.3 Å². The van der Waals surface area contributed by atoms with Crippen LogP contribution in [0.3, 0.4) is 0 Å². The Labute approximate surface area is 161 Å². The van der Waals surface area contributed by atoms with Crippen LogP contribution in [0.5, 0.6) is 0 Å². The molecule has 0 aliphatic carbocycles. The summed E-state index contributed by atoms with van der Waals surface area (Å²) in [7, 11) is 0. The Morgan fingerprint density at radius 2 is 2.15 bits per heavy atom. The van der Waals surface area contributed by atoms with Gasteiger partial charge in [-0.1, -0.05) is 18.5 Å². The van der Waals surface area contributed by atoms with E-state index >= 15 is 0 Å². The Morgan fingerprint density at radius 3 is 2.85 bits per heavy atom. The molecular formula is C19H23N5O2S. The number of H-pyrrole nitrogens is 1. The fourth-order valence-corrected chi connectivity index (χ4v) is 3.54. The Hall–Kier alpha value is -2.74. The molecule has 3 heterocycles. The van der Waals surface area contributed by atoms with Crippen LogP contribution in [-0.4, -0.2) is 26.2 Å². The molecule has 0 saturated carbocycles.